The van der Waals surface area contributed by atoms with Crippen molar-refractivity contribution >= 4 is 17.1 Å². The van der Waals surface area contributed by atoms with Gasteiger partial charge in [-0.1, -0.05) is 18.2 Å². The second-order valence-electron chi connectivity index (χ2n) is 4.62. The number of ether oxygens (including phenoxy) is 1. The molecule has 0 radical (unpaired) electrons. The van der Waals surface area contributed by atoms with Crippen LogP contribution >= 0.6 is 0 Å². The van der Waals surface area contributed by atoms with Crippen LogP contribution in [0, 0.1) is 0 Å². The summed E-state index contributed by atoms with van der Waals surface area (Å²) >= 11 is 0. The number of hydrogen-bond donors (Lipinski definition) is 2. The molecule has 2 rings (SSSR count). The lowest BCUT2D eigenvalue weighted by Gasteiger charge is -2.15. The van der Waals surface area contributed by atoms with Crippen molar-refractivity contribution in [2.24, 2.45) is 0 Å². The predicted octanol–water partition coefficient (Wildman–Crippen LogP) is 4.26. The molecule has 2 aromatic carbocycles. The quantitative estimate of drug-likeness (QED) is 0.838. The Morgan fingerprint density at radius 1 is 0.947 bits per heavy atom. The third-order valence-electron chi connectivity index (χ3n) is 2.68. The third kappa shape index (κ3) is 3.65. The fourth-order valence-electron chi connectivity index (χ4n) is 1.83. The Kier molecular flexibility index (Phi) is 4.29. The van der Waals surface area contributed by atoms with Crippen molar-refractivity contribution in [1.29, 1.82) is 0 Å². The van der Waals surface area contributed by atoms with Crippen molar-refractivity contribution in [3.8, 4) is 5.75 Å². The number of nitrogens with one attached hydrogen (secondary N) is 2. The number of rotatable bonds is 5. The number of benzene rings is 2. The highest BCUT2D eigenvalue weighted by Crippen LogP contribution is 2.29. The van der Waals surface area contributed by atoms with Gasteiger partial charge in [0, 0.05) is 18.4 Å². The Morgan fingerprint density at radius 2 is 1.68 bits per heavy atom. The molecule has 0 fully saturated rings. The maximum atomic E-state index is 5.80. The van der Waals surface area contributed by atoms with E-state index < -0.39 is 0 Å². The maximum Gasteiger partial charge on any atom is 0.143 e. The zero-order valence-electron chi connectivity index (χ0n) is 11.6. The van der Waals surface area contributed by atoms with Gasteiger partial charge in [0.1, 0.15) is 5.75 Å². The first-order chi connectivity index (χ1) is 9.19. The van der Waals surface area contributed by atoms with Gasteiger partial charge in [0.2, 0.25) is 0 Å². The van der Waals surface area contributed by atoms with E-state index >= 15 is 0 Å². The van der Waals surface area contributed by atoms with Crippen molar-refractivity contribution in [3.63, 3.8) is 0 Å². The van der Waals surface area contributed by atoms with Gasteiger partial charge in [0.05, 0.1) is 11.8 Å². The van der Waals surface area contributed by atoms with Gasteiger partial charge in [-0.25, -0.2) is 0 Å². The zero-order valence-corrected chi connectivity index (χ0v) is 11.6. The van der Waals surface area contributed by atoms with Gasteiger partial charge in [-0.05, 0) is 44.2 Å². The number of hydrogen-bond acceptors (Lipinski definition) is 3. The van der Waals surface area contributed by atoms with E-state index in [0.717, 1.165) is 22.8 Å². The molecule has 0 saturated carbocycles. The number of para-hydroxylation sites is 2. The number of anilines is 3. The molecular weight excluding hydrogens is 236 g/mol. The smallest absolute Gasteiger partial charge is 0.143 e. The molecule has 0 heterocycles. The van der Waals surface area contributed by atoms with Crippen LogP contribution in [-0.4, -0.2) is 13.2 Å². The van der Waals surface area contributed by atoms with Crippen molar-refractivity contribution in [2.75, 3.05) is 17.7 Å². The van der Waals surface area contributed by atoms with Crippen molar-refractivity contribution < 1.29 is 4.74 Å². The average Bonchev–Trinajstić information content (AvgIpc) is 2.41. The van der Waals surface area contributed by atoms with Crippen LogP contribution in [0.2, 0.25) is 0 Å². The Bertz CT molecular complexity index is 538. The summed E-state index contributed by atoms with van der Waals surface area (Å²) in [5, 5.41) is 6.52. The standard InChI is InChI=1S/C16H20N2O/c1-12(2)19-16-10-5-4-9-15(16)18-14-8-6-7-13(11-14)17-3/h4-12,17-18H,1-3H3. The minimum Gasteiger partial charge on any atom is -0.489 e. The Morgan fingerprint density at radius 3 is 2.42 bits per heavy atom. The van der Waals surface area contributed by atoms with E-state index in [-0.39, 0.29) is 6.10 Å². The average molecular weight is 256 g/mol. The van der Waals surface area contributed by atoms with Gasteiger partial charge in [0.25, 0.3) is 0 Å². The molecule has 0 aromatic heterocycles. The van der Waals surface area contributed by atoms with Crippen LogP contribution in [0.4, 0.5) is 17.1 Å². The van der Waals surface area contributed by atoms with Crippen molar-refractivity contribution in [2.45, 2.75) is 20.0 Å². The summed E-state index contributed by atoms with van der Waals surface area (Å²) in [6, 6.07) is 16.1. The SMILES string of the molecule is CNc1cccc(Nc2ccccc2OC(C)C)c1. The van der Waals surface area contributed by atoms with Crippen LogP contribution in [0.15, 0.2) is 48.5 Å². The van der Waals surface area contributed by atoms with E-state index in [9.17, 15) is 0 Å². The predicted molar refractivity (Wildman–Crippen MR) is 81.5 cm³/mol. The second kappa shape index (κ2) is 6.14. The molecule has 0 atom stereocenters. The van der Waals surface area contributed by atoms with Gasteiger partial charge in [0.15, 0.2) is 0 Å². The normalized spacial score (nSPS) is 10.3. The summed E-state index contributed by atoms with van der Waals surface area (Å²) in [6.07, 6.45) is 0.159. The maximum absolute atomic E-state index is 5.80. The van der Waals surface area contributed by atoms with Gasteiger partial charge < -0.3 is 15.4 Å². The zero-order chi connectivity index (χ0) is 13.7. The first-order valence-electron chi connectivity index (χ1n) is 6.49. The lowest BCUT2D eigenvalue weighted by molar-refractivity contribution is 0.244. The minimum absolute atomic E-state index is 0.159. The molecule has 2 N–H and O–H groups in total. The van der Waals surface area contributed by atoms with Gasteiger partial charge >= 0.3 is 0 Å². The molecule has 3 nitrogen and oxygen atoms in total. The molecule has 0 aliphatic carbocycles. The first-order valence-corrected chi connectivity index (χ1v) is 6.49. The van der Waals surface area contributed by atoms with Gasteiger partial charge in [-0.3, -0.25) is 0 Å². The van der Waals surface area contributed by atoms with Gasteiger partial charge in [-0.2, -0.15) is 0 Å². The molecule has 0 amide bonds. The highest BCUT2D eigenvalue weighted by atomic mass is 16.5. The summed E-state index contributed by atoms with van der Waals surface area (Å²) in [7, 11) is 1.91. The summed E-state index contributed by atoms with van der Waals surface area (Å²) in [4.78, 5) is 0. The highest BCUT2D eigenvalue weighted by Gasteiger charge is 2.05. The van der Waals surface area contributed by atoms with Crippen LogP contribution < -0.4 is 15.4 Å². The van der Waals surface area contributed by atoms with E-state index in [2.05, 4.69) is 16.7 Å². The molecule has 0 spiro atoms. The molecule has 0 aliphatic rings. The van der Waals surface area contributed by atoms with E-state index in [0.29, 0.717) is 0 Å². The summed E-state index contributed by atoms with van der Waals surface area (Å²) in [6.45, 7) is 4.05. The molecule has 0 unspecified atom stereocenters. The summed E-state index contributed by atoms with van der Waals surface area (Å²) in [5.74, 6) is 0.868. The lowest BCUT2D eigenvalue weighted by Crippen LogP contribution is -2.07. The Labute approximate surface area is 114 Å². The Balaban J connectivity index is 2.22. The van der Waals surface area contributed by atoms with E-state index in [1.807, 2.05) is 63.4 Å². The fourth-order valence-corrected chi connectivity index (χ4v) is 1.83. The monoisotopic (exact) mass is 256 g/mol. The molecule has 100 valence electrons. The minimum atomic E-state index is 0.159. The van der Waals surface area contributed by atoms with Crippen LogP contribution in [0.3, 0.4) is 0 Å². The first kappa shape index (κ1) is 13.3. The van der Waals surface area contributed by atoms with Crippen LogP contribution in [0.25, 0.3) is 0 Å². The lowest BCUT2D eigenvalue weighted by atomic mass is 10.2. The molecule has 0 saturated heterocycles. The van der Waals surface area contributed by atoms with Crippen LogP contribution in [0.1, 0.15) is 13.8 Å². The van der Waals surface area contributed by atoms with Crippen molar-refractivity contribution in [1.82, 2.24) is 0 Å². The summed E-state index contributed by atoms with van der Waals surface area (Å²) < 4.78 is 5.80. The molecule has 2 aromatic rings. The fraction of sp³-hybridized carbons (Fsp3) is 0.250. The van der Waals surface area contributed by atoms with Crippen LogP contribution in [-0.2, 0) is 0 Å². The van der Waals surface area contributed by atoms with E-state index in [4.69, 9.17) is 4.74 Å². The topological polar surface area (TPSA) is 33.3 Å². The summed E-state index contributed by atoms with van der Waals surface area (Å²) in [5.41, 5.74) is 3.09. The second-order valence-corrected chi connectivity index (χ2v) is 4.62. The highest BCUT2D eigenvalue weighted by molar-refractivity contribution is 5.68. The van der Waals surface area contributed by atoms with Gasteiger partial charge in [-0.15, -0.1) is 0 Å². The third-order valence-corrected chi connectivity index (χ3v) is 2.68. The molecule has 3 heteroatoms. The van der Waals surface area contributed by atoms with Crippen molar-refractivity contribution in [3.05, 3.63) is 48.5 Å². The molecular formula is C16H20N2O. The molecule has 0 aliphatic heterocycles. The van der Waals surface area contributed by atoms with E-state index in [1.54, 1.807) is 0 Å². The molecule has 19 heavy (non-hydrogen) atoms. The van der Waals surface area contributed by atoms with Crippen LogP contribution in [0.5, 0.6) is 5.75 Å². The van der Waals surface area contributed by atoms with E-state index in [1.165, 1.54) is 0 Å². The Hall–Kier alpha value is -2.16. The largest absolute Gasteiger partial charge is 0.489 e. The molecule has 0 bridgehead atoms.